The second kappa shape index (κ2) is 9.86. The third kappa shape index (κ3) is 5.59. The van der Waals surface area contributed by atoms with Crippen LogP contribution in [0.1, 0.15) is 81.5 Å². The van der Waals surface area contributed by atoms with Crippen molar-refractivity contribution in [3.05, 3.63) is 65.9 Å². The lowest BCUT2D eigenvalue weighted by molar-refractivity contribution is 0.0981. The third-order valence-electron chi connectivity index (χ3n) is 7.50. The second-order valence-electron chi connectivity index (χ2n) is 12.1. The van der Waals surface area contributed by atoms with Crippen molar-refractivity contribution in [3.63, 3.8) is 0 Å². The lowest BCUT2D eigenvalue weighted by atomic mass is 9.90. The number of aromatic nitrogens is 4. The van der Waals surface area contributed by atoms with E-state index in [1.54, 1.807) is 36.7 Å². The van der Waals surface area contributed by atoms with Gasteiger partial charge in [0.05, 0.1) is 11.6 Å². The SMILES string of the molecule is CC(C)(C)c1ccc2c(n1)N1C[C@@H](CCC(c3cncnc3)Nc3cccc(n3)S(=O)(=O)NC2=O)CC1(C)C. The van der Waals surface area contributed by atoms with Gasteiger partial charge in [0.1, 0.15) is 18.0 Å². The summed E-state index contributed by atoms with van der Waals surface area (Å²) >= 11 is 0. The average molecular weight is 550 g/mol. The van der Waals surface area contributed by atoms with Crippen molar-refractivity contribution in [1.82, 2.24) is 24.7 Å². The first kappa shape index (κ1) is 27.0. The molecule has 5 heterocycles. The minimum atomic E-state index is -4.26. The van der Waals surface area contributed by atoms with Crippen LogP contribution >= 0.6 is 0 Å². The molecule has 10 nitrogen and oxygen atoms in total. The molecule has 0 saturated carbocycles. The number of hydrogen-bond donors (Lipinski definition) is 2. The van der Waals surface area contributed by atoms with Gasteiger partial charge in [0, 0.05) is 41.1 Å². The van der Waals surface area contributed by atoms with Gasteiger partial charge in [0.25, 0.3) is 15.9 Å². The van der Waals surface area contributed by atoms with Crippen LogP contribution < -0.4 is 14.9 Å². The summed E-state index contributed by atoms with van der Waals surface area (Å²) in [5.41, 5.74) is 1.41. The Kier molecular flexibility index (Phi) is 6.82. The van der Waals surface area contributed by atoms with E-state index in [2.05, 4.69) is 64.5 Å². The van der Waals surface area contributed by atoms with Crippen molar-refractivity contribution in [2.24, 2.45) is 5.92 Å². The van der Waals surface area contributed by atoms with Crippen LogP contribution in [-0.2, 0) is 15.4 Å². The van der Waals surface area contributed by atoms with E-state index in [4.69, 9.17) is 4.98 Å². The summed E-state index contributed by atoms with van der Waals surface area (Å²) in [5.74, 6) is 0.495. The molecule has 1 fully saturated rings. The van der Waals surface area contributed by atoms with Crippen LogP contribution in [0.25, 0.3) is 0 Å². The molecule has 5 rings (SSSR count). The highest BCUT2D eigenvalue weighted by Crippen LogP contribution is 2.41. The number of nitrogens with zero attached hydrogens (tertiary/aromatic N) is 5. The predicted molar refractivity (Wildman–Crippen MR) is 149 cm³/mol. The fourth-order valence-corrected chi connectivity index (χ4v) is 6.40. The van der Waals surface area contributed by atoms with E-state index >= 15 is 0 Å². The number of pyridine rings is 2. The quantitative estimate of drug-likeness (QED) is 0.458. The maximum absolute atomic E-state index is 13.5. The number of carbonyl (C=O) groups is 1. The van der Waals surface area contributed by atoms with Gasteiger partial charge in [-0.2, -0.15) is 8.42 Å². The summed E-state index contributed by atoms with van der Waals surface area (Å²) in [5, 5.41) is 3.13. The number of sulfonamides is 1. The molecule has 0 aliphatic carbocycles. The largest absolute Gasteiger partial charge is 0.363 e. The molecule has 39 heavy (non-hydrogen) atoms. The Morgan fingerprint density at radius 1 is 1.03 bits per heavy atom. The van der Waals surface area contributed by atoms with E-state index in [0.717, 1.165) is 30.5 Å². The lowest BCUT2D eigenvalue weighted by Crippen LogP contribution is -2.41. The molecular formula is C28H35N7O3S. The van der Waals surface area contributed by atoms with Gasteiger partial charge < -0.3 is 10.2 Å². The molecule has 2 atom stereocenters. The molecule has 2 aliphatic rings. The Morgan fingerprint density at radius 3 is 2.49 bits per heavy atom. The zero-order valence-electron chi connectivity index (χ0n) is 23.0. The minimum absolute atomic E-state index is 0.175. The monoisotopic (exact) mass is 549 g/mol. The van der Waals surface area contributed by atoms with Gasteiger partial charge in [-0.15, -0.1) is 0 Å². The van der Waals surface area contributed by atoms with Crippen molar-refractivity contribution >= 4 is 27.6 Å². The van der Waals surface area contributed by atoms with Gasteiger partial charge in [-0.1, -0.05) is 26.8 Å². The molecule has 2 aliphatic heterocycles. The molecule has 3 aromatic rings. The molecule has 1 amide bonds. The van der Waals surface area contributed by atoms with E-state index in [1.165, 1.54) is 12.4 Å². The van der Waals surface area contributed by atoms with Crippen molar-refractivity contribution in [3.8, 4) is 0 Å². The molecule has 4 bridgehead atoms. The topological polar surface area (TPSA) is 130 Å². The van der Waals surface area contributed by atoms with Crippen LogP contribution in [0.4, 0.5) is 11.6 Å². The number of carbonyl (C=O) groups excluding carboxylic acids is 1. The van der Waals surface area contributed by atoms with Crippen molar-refractivity contribution in [2.75, 3.05) is 16.8 Å². The van der Waals surface area contributed by atoms with Crippen molar-refractivity contribution < 1.29 is 13.2 Å². The maximum atomic E-state index is 13.5. The third-order valence-corrected chi connectivity index (χ3v) is 8.73. The molecular weight excluding hydrogens is 514 g/mol. The molecule has 0 aromatic carbocycles. The number of hydrogen-bond acceptors (Lipinski definition) is 9. The van der Waals surface area contributed by atoms with Crippen molar-refractivity contribution in [2.45, 2.75) is 75.9 Å². The summed E-state index contributed by atoms with van der Waals surface area (Å²) in [6, 6.07) is 8.00. The van der Waals surface area contributed by atoms with Gasteiger partial charge >= 0.3 is 0 Å². The highest BCUT2D eigenvalue weighted by Gasteiger charge is 2.41. The van der Waals surface area contributed by atoms with E-state index in [-0.39, 0.29) is 27.6 Å². The standard InChI is InChI=1S/C28H35N7O3S/c1-27(2,3)22-12-10-20-25(32-22)35-16-18(13-28(35,4)5)9-11-21(19-14-29-17-30-15-19)31-23-7-6-8-24(33-23)39(37,38)34-26(20)36/h6-8,10,12,14-15,17-18,21H,9,11,13,16H2,1-5H3,(H,31,33)(H,34,36)/t18-,21?/m0/s1. The molecule has 3 aromatic heterocycles. The van der Waals surface area contributed by atoms with E-state index in [1.807, 2.05) is 0 Å². The Hall–Kier alpha value is -3.60. The molecule has 0 radical (unpaired) electrons. The molecule has 1 unspecified atom stereocenters. The number of amides is 1. The molecule has 11 heteroatoms. The highest BCUT2D eigenvalue weighted by atomic mass is 32.2. The van der Waals surface area contributed by atoms with Crippen LogP contribution in [0.3, 0.4) is 0 Å². The fourth-order valence-electron chi connectivity index (χ4n) is 5.47. The summed E-state index contributed by atoms with van der Waals surface area (Å²) < 4.78 is 28.9. The first-order valence-corrected chi connectivity index (χ1v) is 14.7. The Labute approximate surface area is 229 Å². The predicted octanol–water partition coefficient (Wildman–Crippen LogP) is 4.23. The maximum Gasteiger partial charge on any atom is 0.281 e. The van der Waals surface area contributed by atoms with Gasteiger partial charge in [-0.3, -0.25) is 4.79 Å². The normalized spacial score (nSPS) is 22.6. The molecule has 1 saturated heterocycles. The molecule has 2 N–H and O–H groups in total. The van der Waals surface area contributed by atoms with E-state index in [0.29, 0.717) is 24.1 Å². The first-order valence-electron chi connectivity index (χ1n) is 13.2. The van der Waals surface area contributed by atoms with Gasteiger partial charge in [0.2, 0.25) is 0 Å². The van der Waals surface area contributed by atoms with Crippen LogP contribution in [0.2, 0.25) is 0 Å². The summed E-state index contributed by atoms with van der Waals surface area (Å²) in [6.07, 6.45) is 7.57. The van der Waals surface area contributed by atoms with Gasteiger partial charge in [0.15, 0.2) is 5.03 Å². The average Bonchev–Trinajstić information content (AvgIpc) is 3.19. The number of anilines is 2. The van der Waals surface area contributed by atoms with E-state index < -0.39 is 15.9 Å². The summed E-state index contributed by atoms with van der Waals surface area (Å²) in [7, 11) is -4.26. The fraction of sp³-hybridized carbons (Fsp3) is 0.464. The van der Waals surface area contributed by atoms with E-state index in [9.17, 15) is 13.2 Å². The summed E-state index contributed by atoms with van der Waals surface area (Å²) in [4.78, 5) is 33.4. The Bertz CT molecular complexity index is 1490. The van der Waals surface area contributed by atoms with Crippen LogP contribution in [-0.4, -0.2) is 46.3 Å². The Morgan fingerprint density at radius 2 is 1.77 bits per heavy atom. The van der Waals surface area contributed by atoms with Gasteiger partial charge in [-0.25, -0.2) is 24.7 Å². The molecule has 0 spiro atoms. The first-order chi connectivity index (χ1) is 18.3. The van der Waals surface area contributed by atoms with Crippen LogP contribution in [0, 0.1) is 5.92 Å². The van der Waals surface area contributed by atoms with Crippen LogP contribution in [0.5, 0.6) is 0 Å². The highest BCUT2D eigenvalue weighted by molar-refractivity contribution is 7.90. The van der Waals surface area contributed by atoms with Crippen LogP contribution in [0.15, 0.2) is 54.1 Å². The number of fused-ring (bicyclic) bond motifs is 6. The smallest absolute Gasteiger partial charge is 0.281 e. The molecule has 206 valence electrons. The Balaban J connectivity index is 1.63. The van der Waals surface area contributed by atoms with Crippen molar-refractivity contribution in [1.29, 1.82) is 0 Å². The summed E-state index contributed by atoms with van der Waals surface area (Å²) in [6.45, 7) is 11.2. The number of nitrogens with one attached hydrogen (secondary N) is 2. The van der Waals surface area contributed by atoms with Gasteiger partial charge in [-0.05, 0) is 63.3 Å². The number of rotatable bonds is 1. The zero-order valence-corrected chi connectivity index (χ0v) is 23.8. The second-order valence-corrected chi connectivity index (χ2v) is 13.7. The lowest BCUT2D eigenvalue weighted by Gasteiger charge is -2.34. The minimum Gasteiger partial charge on any atom is -0.363 e. The zero-order chi connectivity index (χ0) is 28.0.